The standard InChI is InChI=1S/C21H28N2O3/c1-4-23-18-11-6-5-9-16(18)19(12-21(23)25)26-13-20(24)22-17-10-7-8-14(2)15(17)3/h5-6,9,11-12,14-15,17H,4,7-8,10,13H2,1-3H3,(H,22,24)/t14-,15+,17+/m0/s1. The van der Waals surface area contributed by atoms with E-state index in [0.29, 0.717) is 24.1 Å². The smallest absolute Gasteiger partial charge is 0.258 e. The topological polar surface area (TPSA) is 60.3 Å². The van der Waals surface area contributed by atoms with Gasteiger partial charge in [0.2, 0.25) is 0 Å². The lowest BCUT2D eigenvalue weighted by atomic mass is 9.78. The molecule has 1 heterocycles. The van der Waals surface area contributed by atoms with Crippen molar-refractivity contribution in [3.05, 3.63) is 40.7 Å². The highest BCUT2D eigenvalue weighted by atomic mass is 16.5. The number of benzene rings is 1. The van der Waals surface area contributed by atoms with Crippen molar-refractivity contribution < 1.29 is 9.53 Å². The highest BCUT2D eigenvalue weighted by molar-refractivity contribution is 5.86. The fourth-order valence-electron chi connectivity index (χ4n) is 3.93. The van der Waals surface area contributed by atoms with Gasteiger partial charge >= 0.3 is 0 Å². The molecular weight excluding hydrogens is 328 g/mol. The summed E-state index contributed by atoms with van der Waals surface area (Å²) in [6.45, 7) is 6.91. The monoisotopic (exact) mass is 356 g/mol. The number of rotatable bonds is 5. The van der Waals surface area contributed by atoms with Gasteiger partial charge in [0.25, 0.3) is 11.5 Å². The maximum Gasteiger partial charge on any atom is 0.258 e. The number of ether oxygens (including phenoxy) is 1. The number of aryl methyl sites for hydroxylation is 1. The number of pyridine rings is 1. The van der Waals surface area contributed by atoms with Crippen LogP contribution in [-0.2, 0) is 11.3 Å². The molecule has 0 saturated heterocycles. The fourth-order valence-corrected chi connectivity index (χ4v) is 3.93. The second-order valence-corrected chi connectivity index (χ2v) is 7.34. The molecule has 26 heavy (non-hydrogen) atoms. The molecule has 2 aromatic rings. The number of nitrogens with one attached hydrogen (secondary N) is 1. The van der Waals surface area contributed by atoms with Gasteiger partial charge in [-0.25, -0.2) is 0 Å². The Labute approximate surface area is 154 Å². The highest BCUT2D eigenvalue weighted by Gasteiger charge is 2.28. The number of para-hydroxylation sites is 1. The molecule has 140 valence electrons. The molecule has 1 fully saturated rings. The van der Waals surface area contributed by atoms with Crippen LogP contribution in [0, 0.1) is 11.8 Å². The van der Waals surface area contributed by atoms with Gasteiger partial charge in [-0.15, -0.1) is 0 Å². The number of carbonyl (C=O) groups is 1. The zero-order valence-corrected chi connectivity index (χ0v) is 15.8. The van der Waals surface area contributed by atoms with Crippen LogP contribution < -0.4 is 15.6 Å². The van der Waals surface area contributed by atoms with Gasteiger partial charge in [0, 0.05) is 24.0 Å². The largest absolute Gasteiger partial charge is 0.483 e. The summed E-state index contributed by atoms with van der Waals surface area (Å²) in [4.78, 5) is 24.7. The van der Waals surface area contributed by atoms with E-state index in [1.54, 1.807) is 4.57 Å². The minimum Gasteiger partial charge on any atom is -0.483 e. The Kier molecular flexibility index (Phi) is 5.64. The summed E-state index contributed by atoms with van der Waals surface area (Å²) in [7, 11) is 0. The van der Waals surface area contributed by atoms with E-state index in [2.05, 4.69) is 19.2 Å². The molecule has 5 nitrogen and oxygen atoms in total. The van der Waals surface area contributed by atoms with E-state index >= 15 is 0 Å². The summed E-state index contributed by atoms with van der Waals surface area (Å²) < 4.78 is 7.44. The molecule has 0 bridgehead atoms. The Hall–Kier alpha value is -2.30. The molecule has 1 amide bonds. The zero-order valence-electron chi connectivity index (χ0n) is 15.8. The molecule has 3 atom stereocenters. The third-order valence-electron chi connectivity index (χ3n) is 5.71. The van der Waals surface area contributed by atoms with E-state index in [1.165, 1.54) is 12.5 Å². The minimum absolute atomic E-state index is 0.0722. The van der Waals surface area contributed by atoms with Crippen LogP contribution in [0.5, 0.6) is 5.75 Å². The van der Waals surface area contributed by atoms with Crippen LogP contribution in [-0.4, -0.2) is 23.1 Å². The van der Waals surface area contributed by atoms with Gasteiger partial charge < -0.3 is 14.6 Å². The number of amides is 1. The normalized spacial score (nSPS) is 23.0. The predicted octanol–water partition coefficient (Wildman–Crippen LogP) is 3.34. The highest BCUT2D eigenvalue weighted by Crippen LogP contribution is 2.29. The van der Waals surface area contributed by atoms with Crippen molar-refractivity contribution in [3.8, 4) is 5.75 Å². The fraction of sp³-hybridized carbons (Fsp3) is 0.524. The number of carbonyl (C=O) groups excluding carboxylic acids is 1. The van der Waals surface area contributed by atoms with E-state index in [1.807, 2.05) is 31.2 Å². The minimum atomic E-state index is -0.125. The first-order chi connectivity index (χ1) is 12.5. The van der Waals surface area contributed by atoms with Crippen LogP contribution in [0.25, 0.3) is 10.9 Å². The first kappa shape index (κ1) is 18.5. The van der Waals surface area contributed by atoms with E-state index < -0.39 is 0 Å². The summed E-state index contributed by atoms with van der Waals surface area (Å²) >= 11 is 0. The summed E-state index contributed by atoms with van der Waals surface area (Å²) in [5, 5.41) is 3.96. The van der Waals surface area contributed by atoms with Crippen LogP contribution in [0.2, 0.25) is 0 Å². The number of aromatic nitrogens is 1. The van der Waals surface area contributed by atoms with E-state index in [9.17, 15) is 9.59 Å². The maximum absolute atomic E-state index is 12.4. The second kappa shape index (κ2) is 7.94. The summed E-state index contributed by atoms with van der Waals surface area (Å²) in [5.41, 5.74) is 0.712. The number of fused-ring (bicyclic) bond motifs is 1. The Morgan fingerprint density at radius 2 is 2.04 bits per heavy atom. The lowest BCUT2D eigenvalue weighted by Gasteiger charge is -2.34. The average molecular weight is 356 g/mol. The maximum atomic E-state index is 12.4. The third-order valence-corrected chi connectivity index (χ3v) is 5.71. The number of nitrogens with zero attached hydrogens (tertiary/aromatic N) is 1. The number of hydrogen-bond donors (Lipinski definition) is 1. The average Bonchev–Trinajstić information content (AvgIpc) is 2.63. The molecule has 0 radical (unpaired) electrons. The summed E-state index contributed by atoms with van der Waals surface area (Å²) in [6.07, 6.45) is 3.40. The lowest BCUT2D eigenvalue weighted by molar-refractivity contribution is -0.124. The quantitative estimate of drug-likeness (QED) is 0.894. The van der Waals surface area contributed by atoms with Gasteiger partial charge in [0.15, 0.2) is 6.61 Å². The molecule has 0 spiro atoms. The second-order valence-electron chi connectivity index (χ2n) is 7.34. The number of hydrogen-bond acceptors (Lipinski definition) is 3. The van der Waals surface area contributed by atoms with E-state index in [0.717, 1.165) is 23.7 Å². The van der Waals surface area contributed by atoms with E-state index in [4.69, 9.17) is 4.74 Å². The van der Waals surface area contributed by atoms with Crippen molar-refractivity contribution in [3.63, 3.8) is 0 Å². The molecule has 0 aliphatic heterocycles. The molecule has 5 heteroatoms. The summed E-state index contributed by atoms with van der Waals surface area (Å²) in [6, 6.07) is 9.31. The lowest BCUT2D eigenvalue weighted by Crippen LogP contribution is -2.45. The Morgan fingerprint density at radius 1 is 1.27 bits per heavy atom. The molecule has 1 aromatic carbocycles. The van der Waals surface area contributed by atoms with Crippen molar-refractivity contribution in [2.24, 2.45) is 11.8 Å². The van der Waals surface area contributed by atoms with Crippen LogP contribution in [0.15, 0.2) is 35.1 Å². The van der Waals surface area contributed by atoms with Crippen molar-refractivity contribution in [2.45, 2.75) is 52.6 Å². The first-order valence-corrected chi connectivity index (χ1v) is 9.56. The molecule has 1 aromatic heterocycles. The predicted molar refractivity (Wildman–Crippen MR) is 103 cm³/mol. The Bertz CT molecular complexity index is 843. The van der Waals surface area contributed by atoms with Gasteiger partial charge in [-0.1, -0.05) is 38.8 Å². The Morgan fingerprint density at radius 3 is 2.81 bits per heavy atom. The van der Waals surface area contributed by atoms with Gasteiger partial charge in [-0.2, -0.15) is 0 Å². The SMILES string of the molecule is CCn1c(=O)cc(OCC(=O)N[C@@H]2CCC[C@H](C)[C@H]2C)c2ccccc21. The van der Waals surface area contributed by atoms with Crippen molar-refractivity contribution in [2.75, 3.05) is 6.61 Å². The molecule has 1 saturated carbocycles. The van der Waals surface area contributed by atoms with Crippen LogP contribution in [0.4, 0.5) is 0 Å². The molecule has 1 aliphatic rings. The van der Waals surface area contributed by atoms with Crippen LogP contribution in [0.1, 0.15) is 40.0 Å². The van der Waals surface area contributed by atoms with Gasteiger partial charge in [-0.3, -0.25) is 9.59 Å². The van der Waals surface area contributed by atoms with E-state index in [-0.39, 0.29) is 24.1 Å². The van der Waals surface area contributed by atoms with Crippen molar-refractivity contribution in [1.29, 1.82) is 0 Å². The first-order valence-electron chi connectivity index (χ1n) is 9.56. The zero-order chi connectivity index (χ0) is 18.7. The van der Waals surface area contributed by atoms with Gasteiger partial charge in [-0.05, 0) is 37.3 Å². The molecule has 0 unspecified atom stereocenters. The van der Waals surface area contributed by atoms with Crippen LogP contribution >= 0.6 is 0 Å². The molecule has 3 rings (SSSR count). The van der Waals surface area contributed by atoms with Crippen molar-refractivity contribution in [1.82, 2.24) is 9.88 Å². The van der Waals surface area contributed by atoms with Gasteiger partial charge in [0.1, 0.15) is 5.75 Å². The third kappa shape index (κ3) is 3.76. The van der Waals surface area contributed by atoms with Crippen molar-refractivity contribution >= 4 is 16.8 Å². The molecular formula is C21H28N2O3. The van der Waals surface area contributed by atoms with Crippen LogP contribution in [0.3, 0.4) is 0 Å². The Balaban J connectivity index is 1.72. The molecule has 1 N–H and O–H groups in total. The summed E-state index contributed by atoms with van der Waals surface area (Å²) in [5.74, 6) is 1.44. The van der Waals surface area contributed by atoms with Gasteiger partial charge in [0.05, 0.1) is 5.52 Å². The molecule has 1 aliphatic carbocycles.